The SMILES string of the molecule is CC1(C2CC2)C=C1. The molecule has 1 saturated carbocycles. The van der Waals surface area contributed by atoms with Crippen molar-refractivity contribution in [2.24, 2.45) is 11.3 Å². The Hall–Kier alpha value is -0.260. The van der Waals surface area contributed by atoms with E-state index in [-0.39, 0.29) is 0 Å². The van der Waals surface area contributed by atoms with E-state index in [0.29, 0.717) is 5.41 Å². The van der Waals surface area contributed by atoms with Crippen molar-refractivity contribution in [2.45, 2.75) is 19.8 Å². The minimum Gasteiger partial charge on any atom is -0.0777 e. The van der Waals surface area contributed by atoms with E-state index in [2.05, 4.69) is 19.1 Å². The molecule has 0 heterocycles. The van der Waals surface area contributed by atoms with Gasteiger partial charge >= 0.3 is 0 Å². The molecule has 2 aliphatic rings. The van der Waals surface area contributed by atoms with Crippen LogP contribution in [0.1, 0.15) is 19.8 Å². The first kappa shape index (κ1) is 3.71. The third kappa shape index (κ3) is 0.425. The monoisotopic (exact) mass is 94.1 g/mol. The van der Waals surface area contributed by atoms with Crippen molar-refractivity contribution in [2.75, 3.05) is 0 Å². The van der Waals surface area contributed by atoms with Crippen LogP contribution < -0.4 is 0 Å². The van der Waals surface area contributed by atoms with Crippen LogP contribution in [0.5, 0.6) is 0 Å². The maximum absolute atomic E-state index is 2.32. The van der Waals surface area contributed by atoms with Crippen molar-refractivity contribution >= 4 is 0 Å². The third-order valence-corrected chi connectivity index (χ3v) is 2.15. The highest BCUT2D eigenvalue weighted by molar-refractivity contribution is 5.28. The molecule has 0 unspecified atom stereocenters. The fraction of sp³-hybridized carbons (Fsp3) is 0.714. The molecule has 0 heteroatoms. The molecule has 0 radical (unpaired) electrons. The van der Waals surface area contributed by atoms with Crippen LogP contribution in [0.2, 0.25) is 0 Å². The quantitative estimate of drug-likeness (QED) is 0.436. The van der Waals surface area contributed by atoms with Crippen LogP contribution >= 0.6 is 0 Å². The summed E-state index contributed by atoms with van der Waals surface area (Å²) in [6.45, 7) is 2.32. The second-order valence-electron chi connectivity index (χ2n) is 2.97. The number of allylic oxidation sites excluding steroid dienone is 2. The summed E-state index contributed by atoms with van der Waals surface area (Å²) in [5.41, 5.74) is 0.611. The van der Waals surface area contributed by atoms with Gasteiger partial charge in [0.15, 0.2) is 0 Å². The van der Waals surface area contributed by atoms with Crippen LogP contribution in [0.15, 0.2) is 12.2 Å². The first-order chi connectivity index (χ1) is 3.31. The van der Waals surface area contributed by atoms with E-state index < -0.39 is 0 Å². The Balaban J connectivity index is 2.06. The second kappa shape index (κ2) is 0.795. The molecule has 0 bridgehead atoms. The zero-order chi connectivity index (χ0) is 4.91. The van der Waals surface area contributed by atoms with E-state index in [0.717, 1.165) is 5.92 Å². The normalized spacial score (nSPS) is 33.3. The molecule has 1 fully saturated rings. The molecule has 38 valence electrons. The van der Waals surface area contributed by atoms with Gasteiger partial charge in [0.25, 0.3) is 0 Å². The summed E-state index contributed by atoms with van der Waals surface area (Å²) in [5.74, 6) is 1.05. The Kier molecular flexibility index (Phi) is 0.421. The van der Waals surface area contributed by atoms with E-state index in [1.807, 2.05) is 0 Å². The minimum atomic E-state index is 0.611. The predicted molar refractivity (Wildman–Crippen MR) is 30.0 cm³/mol. The summed E-state index contributed by atoms with van der Waals surface area (Å²) in [4.78, 5) is 0. The van der Waals surface area contributed by atoms with Gasteiger partial charge in [0.1, 0.15) is 0 Å². The molecule has 0 aromatic carbocycles. The van der Waals surface area contributed by atoms with Gasteiger partial charge in [-0.2, -0.15) is 0 Å². The van der Waals surface area contributed by atoms with Crippen molar-refractivity contribution in [3.8, 4) is 0 Å². The van der Waals surface area contributed by atoms with Crippen LogP contribution in [0, 0.1) is 11.3 Å². The zero-order valence-corrected chi connectivity index (χ0v) is 4.65. The lowest BCUT2D eigenvalue weighted by Gasteiger charge is -2.02. The van der Waals surface area contributed by atoms with Crippen LogP contribution in [-0.2, 0) is 0 Å². The lowest BCUT2D eigenvalue weighted by molar-refractivity contribution is 0.550. The summed E-state index contributed by atoms with van der Waals surface area (Å²) >= 11 is 0. The molecule has 0 amide bonds. The lowest BCUT2D eigenvalue weighted by atomic mass is 10.0. The molecule has 0 aromatic heterocycles. The standard InChI is InChI=1S/C7H10/c1-7(4-5-7)6-2-3-6/h4-6H,2-3H2,1H3. The van der Waals surface area contributed by atoms with Crippen molar-refractivity contribution < 1.29 is 0 Å². The molecule has 0 N–H and O–H groups in total. The molecule has 0 aromatic rings. The predicted octanol–water partition coefficient (Wildman–Crippen LogP) is 1.97. The van der Waals surface area contributed by atoms with Gasteiger partial charge in [-0.3, -0.25) is 0 Å². The van der Waals surface area contributed by atoms with Gasteiger partial charge in [-0.25, -0.2) is 0 Å². The molecule has 2 rings (SSSR count). The van der Waals surface area contributed by atoms with Gasteiger partial charge in [0.05, 0.1) is 0 Å². The molecule has 0 nitrogen and oxygen atoms in total. The Labute approximate surface area is 44.2 Å². The minimum absolute atomic E-state index is 0.611. The molecule has 0 aliphatic heterocycles. The molecule has 0 atom stereocenters. The maximum Gasteiger partial charge on any atom is 0.00615 e. The van der Waals surface area contributed by atoms with Crippen LogP contribution in [0.4, 0.5) is 0 Å². The zero-order valence-electron chi connectivity index (χ0n) is 4.65. The Morgan fingerprint density at radius 3 is 2.14 bits per heavy atom. The molecular weight excluding hydrogens is 84.1 g/mol. The molecule has 2 aliphatic carbocycles. The van der Waals surface area contributed by atoms with E-state index in [1.165, 1.54) is 12.8 Å². The second-order valence-corrected chi connectivity index (χ2v) is 2.97. The van der Waals surface area contributed by atoms with Gasteiger partial charge in [-0.1, -0.05) is 19.1 Å². The fourth-order valence-electron chi connectivity index (χ4n) is 1.11. The van der Waals surface area contributed by atoms with Crippen LogP contribution in [0.25, 0.3) is 0 Å². The first-order valence-corrected chi connectivity index (χ1v) is 3.02. The Morgan fingerprint density at radius 2 is 2.00 bits per heavy atom. The smallest absolute Gasteiger partial charge is 0.00615 e. The van der Waals surface area contributed by atoms with E-state index in [4.69, 9.17) is 0 Å². The van der Waals surface area contributed by atoms with Crippen LogP contribution in [-0.4, -0.2) is 0 Å². The first-order valence-electron chi connectivity index (χ1n) is 3.02. The van der Waals surface area contributed by atoms with Crippen molar-refractivity contribution in [3.05, 3.63) is 12.2 Å². The Bertz CT molecular complexity index is 112. The summed E-state index contributed by atoms with van der Waals surface area (Å²) in [6, 6.07) is 0. The summed E-state index contributed by atoms with van der Waals surface area (Å²) in [7, 11) is 0. The topological polar surface area (TPSA) is 0 Å². The summed E-state index contributed by atoms with van der Waals surface area (Å²) in [5, 5.41) is 0. The molecule has 0 saturated heterocycles. The largest absolute Gasteiger partial charge is 0.0777 e. The lowest BCUT2D eigenvalue weighted by Crippen LogP contribution is -1.95. The number of hydrogen-bond acceptors (Lipinski definition) is 0. The number of hydrogen-bond donors (Lipinski definition) is 0. The van der Waals surface area contributed by atoms with Gasteiger partial charge in [-0.15, -0.1) is 0 Å². The van der Waals surface area contributed by atoms with Crippen LogP contribution in [0.3, 0.4) is 0 Å². The Morgan fingerprint density at radius 1 is 1.43 bits per heavy atom. The van der Waals surface area contributed by atoms with E-state index in [1.54, 1.807) is 0 Å². The van der Waals surface area contributed by atoms with Gasteiger partial charge in [0.2, 0.25) is 0 Å². The molecule has 7 heavy (non-hydrogen) atoms. The maximum atomic E-state index is 2.32. The highest BCUT2D eigenvalue weighted by Crippen LogP contribution is 2.54. The summed E-state index contributed by atoms with van der Waals surface area (Å²) < 4.78 is 0. The van der Waals surface area contributed by atoms with Gasteiger partial charge in [-0.05, 0) is 18.8 Å². The number of rotatable bonds is 1. The average molecular weight is 94.2 g/mol. The van der Waals surface area contributed by atoms with Crippen molar-refractivity contribution in [3.63, 3.8) is 0 Å². The van der Waals surface area contributed by atoms with Crippen molar-refractivity contribution in [1.82, 2.24) is 0 Å². The average Bonchev–Trinajstić information content (AvgIpc) is 2.14. The third-order valence-electron chi connectivity index (χ3n) is 2.15. The fourth-order valence-corrected chi connectivity index (χ4v) is 1.11. The highest BCUT2D eigenvalue weighted by Gasteiger charge is 2.43. The van der Waals surface area contributed by atoms with Gasteiger partial charge < -0.3 is 0 Å². The highest BCUT2D eigenvalue weighted by atomic mass is 14.5. The summed E-state index contributed by atoms with van der Waals surface area (Å²) in [6.07, 6.45) is 7.60. The molecular formula is C7H10. The van der Waals surface area contributed by atoms with Gasteiger partial charge in [0, 0.05) is 5.41 Å². The van der Waals surface area contributed by atoms with E-state index >= 15 is 0 Å². The molecule has 0 spiro atoms. The van der Waals surface area contributed by atoms with E-state index in [9.17, 15) is 0 Å². The van der Waals surface area contributed by atoms with Crippen molar-refractivity contribution in [1.29, 1.82) is 0 Å².